The Labute approximate surface area is 162 Å². The normalized spacial score (nSPS) is 11.6. The molecular weight excluding hydrogens is 348 g/mol. The van der Waals surface area contributed by atoms with Gasteiger partial charge in [0.2, 0.25) is 0 Å². The monoisotopic (exact) mass is 368 g/mol. The third kappa shape index (κ3) is 3.50. The van der Waals surface area contributed by atoms with Crippen LogP contribution in [0.15, 0.2) is 72.9 Å². The van der Waals surface area contributed by atoms with Crippen LogP contribution < -0.4 is 0 Å². The molecule has 6 heteroatoms. The largest absolute Gasteiger partial charge is 0.341 e. The number of nitrogens with zero attached hydrogens (tertiary/aromatic N) is 4. The van der Waals surface area contributed by atoms with Crippen LogP contribution in [0.4, 0.5) is 0 Å². The summed E-state index contributed by atoms with van der Waals surface area (Å²) in [5, 5.41) is 0. The zero-order valence-corrected chi connectivity index (χ0v) is 15.3. The Morgan fingerprint density at radius 1 is 0.643 bits per heavy atom. The Hall–Kier alpha value is -3.51. The van der Waals surface area contributed by atoms with Crippen LogP contribution in [0, 0.1) is 0 Å². The fraction of sp³-hybridized carbons (Fsp3) is 0.136. The highest BCUT2D eigenvalue weighted by Crippen LogP contribution is 2.16. The average Bonchev–Trinajstić information content (AvgIpc) is 3.31. The van der Waals surface area contributed by atoms with Crippen molar-refractivity contribution in [1.82, 2.24) is 29.8 Å². The minimum atomic E-state index is 0.683. The molecule has 6 nitrogen and oxygen atoms in total. The molecule has 0 radical (unpaired) electrons. The quantitative estimate of drug-likeness (QED) is 0.474. The summed E-state index contributed by atoms with van der Waals surface area (Å²) in [6.07, 6.45) is 1.83. The SMILES string of the molecule is c1ccc(CN(Cc2nc3ccccc3[nH]2)Cc2nc3ccccc3[nH]2)nc1. The second kappa shape index (κ2) is 7.25. The maximum Gasteiger partial charge on any atom is 0.121 e. The Bertz CT molecular complexity index is 1070. The van der Waals surface area contributed by atoms with Crippen LogP contribution in [0.3, 0.4) is 0 Å². The van der Waals surface area contributed by atoms with Crippen molar-refractivity contribution in [1.29, 1.82) is 0 Å². The number of pyridine rings is 1. The molecule has 0 fully saturated rings. The van der Waals surface area contributed by atoms with Gasteiger partial charge < -0.3 is 9.97 Å². The summed E-state index contributed by atoms with van der Waals surface area (Å²) in [6.45, 7) is 2.08. The van der Waals surface area contributed by atoms with Gasteiger partial charge in [-0.3, -0.25) is 9.88 Å². The maximum atomic E-state index is 4.73. The van der Waals surface area contributed by atoms with Crippen molar-refractivity contribution in [2.24, 2.45) is 0 Å². The Morgan fingerprint density at radius 2 is 1.21 bits per heavy atom. The molecule has 2 N–H and O–H groups in total. The zero-order valence-electron chi connectivity index (χ0n) is 15.3. The van der Waals surface area contributed by atoms with Gasteiger partial charge in [0.25, 0.3) is 0 Å². The van der Waals surface area contributed by atoms with Gasteiger partial charge in [-0.1, -0.05) is 30.3 Å². The van der Waals surface area contributed by atoms with E-state index in [9.17, 15) is 0 Å². The van der Waals surface area contributed by atoms with Crippen molar-refractivity contribution in [3.05, 3.63) is 90.3 Å². The van der Waals surface area contributed by atoms with Crippen LogP contribution >= 0.6 is 0 Å². The number of rotatable bonds is 6. The van der Waals surface area contributed by atoms with Gasteiger partial charge in [0, 0.05) is 12.7 Å². The Balaban J connectivity index is 1.43. The first kappa shape index (κ1) is 16.6. The lowest BCUT2D eigenvalue weighted by Gasteiger charge is -2.19. The van der Waals surface area contributed by atoms with Crippen molar-refractivity contribution >= 4 is 22.1 Å². The average molecular weight is 368 g/mol. The summed E-state index contributed by atoms with van der Waals surface area (Å²) in [5.74, 6) is 1.88. The number of imidazole rings is 2. The summed E-state index contributed by atoms with van der Waals surface area (Å²) in [7, 11) is 0. The van der Waals surface area contributed by atoms with Crippen LogP contribution in [0.25, 0.3) is 22.1 Å². The second-order valence-corrected chi connectivity index (χ2v) is 6.87. The van der Waals surface area contributed by atoms with Gasteiger partial charge in [-0.2, -0.15) is 0 Å². The molecule has 0 spiro atoms. The van der Waals surface area contributed by atoms with Gasteiger partial charge in [0.1, 0.15) is 11.6 Å². The molecule has 28 heavy (non-hydrogen) atoms. The molecule has 5 aromatic rings. The molecular formula is C22H20N6. The van der Waals surface area contributed by atoms with E-state index in [1.807, 2.05) is 72.9 Å². The first-order chi connectivity index (χ1) is 13.8. The van der Waals surface area contributed by atoms with Crippen LogP contribution in [0.5, 0.6) is 0 Å². The fourth-order valence-electron chi connectivity index (χ4n) is 3.47. The van der Waals surface area contributed by atoms with Gasteiger partial charge in [0.05, 0.1) is 40.9 Å². The Kier molecular flexibility index (Phi) is 4.31. The van der Waals surface area contributed by atoms with Gasteiger partial charge in [-0.05, 0) is 36.4 Å². The number of hydrogen-bond donors (Lipinski definition) is 2. The van der Waals surface area contributed by atoms with Gasteiger partial charge in [0.15, 0.2) is 0 Å². The Morgan fingerprint density at radius 3 is 1.75 bits per heavy atom. The van der Waals surface area contributed by atoms with Crippen molar-refractivity contribution in [2.45, 2.75) is 19.6 Å². The number of aromatic amines is 2. The number of para-hydroxylation sites is 4. The van der Waals surface area contributed by atoms with Gasteiger partial charge in [-0.25, -0.2) is 9.97 Å². The minimum absolute atomic E-state index is 0.683. The van der Waals surface area contributed by atoms with Crippen molar-refractivity contribution in [3.8, 4) is 0 Å². The minimum Gasteiger partial charge on any atom is -0.341 e. The third-order valence-corrected chi connectivity index (χ3v) is 4.74. The highest BCUT2D eigenvalue weighted by Gasteiger charge is 2.14. The smallest absolute Gasteiger partial charge is 0.121 e. The number of nitrogens with one attached hydrogen (secondary N) is 2. The summed E-state index contributed by atoms with van der Waals surface area (Å²) in [5.41, 5.74) is 5.10. The summed E-state index contributed by atoms with van der Waals surface area (Å²) < 4.78 is 0. The van der Waals surface area contributed by atoms with E-state index in [4.69, 9.17) is 9.97 Å². The standard InChI is InChI=1S/C22H20N6/c1-2-9-18-17(8-1)24-21(25-18)14-28(13-16-7-5-6-12-23-16)15-22-26-19-10-3-4-11-20(19)27-22/h1-12H,13-15H2,(H,24,25)(H,26,27). The van der Waals surface area contributed by atoms with E-state index in [1.165, 1.54) is 0 Å². The number of hydrogen-bond acceptors (Lipinski definition) is 4. The van der Waals surface area contributed by atoms with E-state index < -0.39 is 0 Å². The molecule has 0 atom stereocenters. The predicted molar refractivity (Wildman–Crippen MR) is 109 cm³/mol. The molecule has 0 bridgehead atoms. The summed E-state index contributed by atoms with van der Waals surface area (Å²) in [4.78, 5) is 23.1. The first-order valence-electron chi connectivity index (χ1n) is 9.33. The second-order valence-electron chi connectivity index (χ2n) is 6.87. The molecule has 5 rings (SSSR count). The molecule has 0 saturated heterocycles. The highest BCUT2D eigenvalue weighted by molar-refractivity contribution is 5.75. The molecule has 0 saturated carbocycles. The number of fused-ring (bicyclic) bond motifs is 2. The lowest BCUT2D eigenvalue weighted by Crippen LogP contribution is -2.24. The lowest BCUT2D eigenvalue weighted by atomic mass is 10.3. The van der Waals surface area contributed by atoms with Crippen LogP contribution in [-0.4, -0.2) is 29.8 Å². The van der Waals surface area contributed by atoms with Crippen LogP contribution in [0.2, 0.25) is 0 Å². The number of aromatic nitrogens is 5. The fourth-order valence-corrected chi connectivity index (χ4v) is 3.47. The number of benzene rings is 2. The lowest BCUT2D eigenvalue weighted by molar-refractivity contribution is 0.234. The van der Waals surface area contributed by atoms with Crippen molar-refractivity contribution in [3.63, 3.8) is 0 Å². The van der Waals surface area contributed by atoms with E-state index in [2.05, 4.69) is 19.9 Å². The highest BCUT2D eigenvalue weighted by atomic mass is 15.2. The first-order valence-corrected chi connectivity index (χ1v) is 9.33. The zero-order chi connectivity index (χ0) is 18.8. The molecule has 0 aliphatic heterocycles. The van der Waals surface area contributed by atoms with Gasteiger partial charge in [-0.15, -0.1) is 0 Å². The summed E-state index contributed by atoms with van der Waals surface area (Å²) >= 11 is 0. The van der Waals surface area contributed by atoms with Crippen LogP contribution in [0.1, 0.15) is 17.3 Å². The maximum absolute atomic E-state index is 4.73. The number of H-pyrrole nitrogens is 2. The molecule has 3 aromatic heterocycles. The topological polar surface area (TPSA) is 73.5 Å². The van der Waals surface area contributed by atoms with Crippen molar-refractivity contribution in [2.75, 3.05) is 0 Å². The molecule has 2 aromatic carbocycles. The molecule has 3 heterocycles. The van der Waals surface area contributed by atoms with Crippen molar-refractivity contribution < 1.29 is 0 Å². The summed E-state index contributed by atoms with van der Waals surface area (Å²) in [6, 6.07) is 22.2. The molecule has 138 valence electrons. The molecule has 0 unspecified atom stereocenters. The van der Waals surface area contributed by atoms with E-state index in [0.717, 1.165) is 46.0 Å². The van der Waals surface area contributed by atoms with Gasteiger partial charge >= 0.3 is 0 Å². The van der Waals surface area contributed by atoms with Crippen LogP contribution in [-0.2, 0) is 19.6 Å². The van der Waals surface area contributed by atoms with E-state index in [1.54, 1.807) is 0 Å². The predicted octanol–water partition coefficient (Wildman–Crippen LogP) is 4.04. The van der Waals surface area contributed by atoms with E-state index >= 15 is 0 Å². The van der Waals surface area contributed by atoms with E-state index in [-0.39, 0.29) is 0 Å². The third-order valence-electron chi connectivity index (χ3n) is 4.74. The molecule has 0 aliphatic carbocycles. The molecule has 0 amide bonds. The molecule has 0 aliphatic rings. The van der Waals surface area contributed by atoms with E-state index in [0.29, 0.717) is 13.1 Å².